The molecule has 0 aromatic heterocycles. The number of nitrogens with zero attached hydrogens (tertiary/aromatic N) is 1. The largest absolute Gasteiger partial charge is 0.295 e. The molecule has 0 unspecified atom stereocenters. The lowest BCUT2D eigenvalue weighted by Gasteiger charge is -2.24. The van der Waals surface area contributed by atoms with E-state index in [0.29, 0.717) is 11.3 Å². The summed E-state index contributed by atoms with van der Waals surface area (Å²) in [5, 5.41) is 0. The third-order valence-electron chi connectivity index (χ3n) is 3.87. The molecule has 24 heavy (non-hydrogen) atoms. The number of anilines is 1. The summed E-state index contributed by atoms with van der Waals surface area (Å²) < 4.78 is 26.5. The summed E-state index contributed by atoms with van der Waals surface area (Å²) in [6, 6.07) is 12.8. The second-order valence-corrected chi connectivity index (χ2v) is 8.19. The molecule has 0 aliphatic carbocycles. The second kappa shape index (κ2) is 7.18. The van der Waals surface area contributed by atoms with Crippen molar-refractivity contribution >= 4 is 21.5 Å². The van der Waals surface area contributed by atoms with Crippen molar-refractivity contribution in [2.45, 2.75) is 34.2 Å². The molecule has 4 nitrogen and oxygen atoms in total. The van der Waals surface area contributed by atoms with Crippen molar-refractivity contribution in [1.82, 2.24) is 0 Å². The van der Waals surface area contributed by atoms with E-state index in [1.54, 1.807) is 31.2 Å². The third kappa shape index (κ3) is 4.23. The number of rotatable bonds is 6. The first-order valence-electron chi connectivity index (χ1n) is 7.91. The van der Waals surface area contributed by atoms with Gasteiger partial charge in [0, 0.05) is 5.56 Å². The standard InChI is InChI=1S/C19H23NO3S/c1-5-24(22,23)20(13-17-11-14(2)10-15(3)12-17)19-8-6-18(7-9-19)16(4)21/h6-12H,5,13H2,1-4H3. The average molecular weight is 345 g/mol. The topological polar surface area (TPSA) is 54.5 Å². The minimum atomic E-state index is -3.42. The maximum absolute atomic E-state index is 12.6. The van der Waals surface area contributed by atoms with Crippen molar-refractivity contribution in [2.75, 3.05) is 10.1 Å². The second-order valence-electron chi connectivity index (χ2n) is 6.01. The Hall–Kier alpha value is -2.14. The van der Waals surface area contributed by atoms with Crippen LogP contribution >= 0.6 is 0 Å². The highest BCUT2D eigenvalue weighted by atomic mass is 32.2. The highest BCUT2D eigenvalue weighted by Gasteiger charge is 2.21. The SMILES string of the molecule is CCS(=O)(=O)N(Cc1cc(C)cc(C)c1)c1ccc(C(C)=O)cc1. The van der Waals surface area contributed by atoms with Gasteiger partial charge in [0.05, 0.1) is 18.0 Å². The Balaban J connectivity index is 2.43. The summed E-state index contributed by atoms with van der Waals surface area (Å²) in [6.45, 7) is 7.39. The van der Waals surface area contributed by atoms with Gasteiger partial charge in [-0.3, -0.25) is 9.10 Å². The summed E-state index contributed by atoms with van der Waals surface area (Å²) in [6.07, 6.45) is 0. The molecule has 0 bridgehead atoms. The van der Waals surface area contributed by atoms with E-state index in [9.17, 15) is 13.2 Å². The molecular formula is C19H23NO3S. The maximum Gasteiger partial charge on any atom is 0.235 e. The predicted octanol–water partition coefficient (Wildman–Crippen LogP) is 3.86. The molecule has 0 aliphatic rings. The van der Waals surface area contributed by atoms with Crippen molar-refractivity contribution in [3.63, 3.8) is 0 Å². The van der Waals surface area contributed by atoms with Crippen molar-refractivity contribution in [3.8, 4) is 0 Å². The van der Waals surface area contributed by atoms with Crippen molar-refractivity contribution < 1.29 is 13.2 Å². The van der Waals surface area contributed by atoms with Crippen molar-refractivity contribution in [3.05, 3.63) is 64.7 Å². The van der Waals surface area contributed by atoms with Crippen LogP contribution in [0.25, 0.3) is 0 Å². The lowest BCUT2D eigenvalue weighted by Crippen LogP contribution is -2.31. The van der Waals surface area contributed by atoms with E-state index in [2.05, 4.69) is 6.07 Å². The average Bonchev–Trinajstić information content (AvgIpc) is 2.51. The first-order chi connectivity index (χ1) is 11.2. The molecule has 0 saturated carbocycles. The summed E-state index contributed by atoms with van der Waals surface area (Å²) >= 11 is 0. The molecule has 0 heterocycles. The van der Waals surface area contributed by atoms with Gasteiger partial charge in [0.15, 0.2) is 5.78 Å². The van der Waals surface area contributed by atoms with Gasteiger partial charge in [-0.15, -0.1) is 0 Å². The van der Waals surface area contributed by atoms with Crippen LogP contribution in [0.15, 0.2) is 42.5 Å². The molecule has 5 heteroatoms. The van der Waals surface area contributed by atoms with Crippen molar-refractivity contribution in [2.24, 2.45) is 0 Å². The Morgan fingerprint density at radius 3 is 2.00 bits per heavy atom. The molecule has 0 N–H and O–H groups in total. The van der Waals surface area contributed by atoms with Gasteiger partial charge in [-0.1, -0.05) is 29.3 Å². The lowest BCUT2D eigenvalue weighted by molar-refractivity contribution is 0.101. The number of hydrogen-bond donors (Lipinski definition) is 0. The van der Waals surface area contributed by atoms with E-state index in [1.165, 1.54) is 11.2 Å². The normalized spacial score (nSPS) is 11.3. The van der Waals surface area contributed by atoms with Crippen LogP contribution in [0.2, 0.25) is 0 Å². The molecule has 0 spiro atoms. The van der Waals surface area contributed by atoms with Crippen LogP contribution < -0.4 is 4.31 Å². The number of Topliss-reactive ketones (excluding diaryl/α,β-unsaturated/α-hetero) is 1. The van der Waals surface area contributed by atoms with Crippen LogP contribution in [0.4, 0.5) is 5.69 Å². The predicted molar refractivity (Wildman–Crippen MR) is 98.0 cm³/mol. The molecule has 0 aliphatic heterocycles. The quantitative estimate of drug-likeness (QED) is 0.747. The van der Waals surface area contributed by atoms with E-state index >= 15 is 0 Å². The molecule has 128 valence electrons. The summed E-state index contributed by atoms with van der Waals surface area (Å²) in [7, 11) is -3.42. The van der Waals surface area contributed by atoms with Crippen LogP contribution in [-0.4, -0.2) is 20.0 Å². The number of aryl methyl sites for hydroxylation is 2. The Bertz CT molecular complexity index is 819. The van der Waals surface area contributed by atoms with Crippen LogP contribution in [0.1, 0.15) is 40.9 Å². The van der Waals surface area contributed by atoms with E-state index in [0.717, 1.165) is 16.7 Å². The van der Waals surface area contributed by atoms with Crippen LogP contribution in [0.3, 0.4) is 0 Å². The van der Waals surface area contributed by atoms with Gasteiger partial charge < -0.3 is 0 Å². The number of carbonyl (C=O) groups is 1. The molecule has 2 aromatic rings. The molecule has 0 atom stereocenters. The smallest absolute Gasteiger partial charge is 0.235 e. The lowest BCUT2D eigenvalue weighted by atomic mass is 10.1. The van der Waals surface area contributed by atoms with E-state index < -0.39 is 10.0 Å². The molecule has 0 saturated heterocycles. The summed E-state index contributed by atoms with van der Waals surface area (Å²) in [5.41, 5.74) is 4.29. The van der Waals surface area contributed by atoms with Gasteiger partial charge in [-0.05, 0) is 57.5 Å². The maximum atomic E-state index is 12.6. The zero-order valence-corrected chi connectivity index (χ0v) is 15.4. The molecular weight excluding hydrogens is 322 g/mol. The fraction of sp³-hybridized carbons (Fsp3) is 0.316. The zero-order chi connectivity index (χ0) is 17.9. The van der Waals surface area contributed by atoms with E-state index in [4.69, 9.17) is 0 Å². The van der Waals surface area contributed by atoms with Crippen LogP contribution in [0, 0.1) is 13.8 Å². The fourth-order valence-corrected chi connectivity index (χ4v) is 3.79. The minimum absolute atomic E-state index is 0.0201. The summed E-state index contributed by atoms with van der Waals surface area (Å²) in [4.78, 5) is 11.4. The van der Waals surface area contributed by atoms with Gasteiger partial charge >= 0.3 is 0 Å². The number of ketones is 1. The summed E-state index contributed by atoms with van der Waals surface area (Å²) in [5.74, 6) is -0.0209. The first-order valence-corrected chi connectivity index (χ1v) is 9.52. The van der Waals surface area contributed by atoms with Gasteiger partial charge in [0.25, 0.3) is 0 Å². The molecule has 0 fully saturated rings. The zero-order valence-electron chi connectivity index (χ0n) is 14.5. The highest BCUT2D eigenvalue weighted by Crippen LogP contribution is 2.23. The van der Waals surface area contributed by atoms with E-state index in [1.807, 2.05) is 26.0 Å². The van der Waals surface area contributed by atoms with E-state index in [-0.39, 0.29) is 18.1 Å². The number of sulfonamides is 1. The molecule has 2 rings (SSSR count). The Kier molecular flexibility index (Phi) is 5.44. The Morgan fingerprint density at radius 2 is 1.54 bits per heavy atom. The Labute approximate surface area is 144 Å². The number of benzene rings is 2. The molecule has 0 radical (unpaired) electrons. The molecule has 2 aromatic carbocycles. The highest BCUT2D eigenvalue weighted by molar-refractivity contribution is 7.92. The minimum Gasteiger partial charge on any atom is -0.295 e. The number of carbonyl (C=O) groups excluding carboxylic acids is 1. The van der Waals surface area contributed by atoms with Crippen molar-refractivity contribution in [1.29, 1.82) is 0 Å². The van der Waals surface area contributed by atoms with Gasteiger partial charge in [0.1, 0.15) is 0 Å². The number of hydrogen-bond acceptors (Lipinski definition) is 3. The van der Waals surface area contributed by atoms with Gasteiger partial charge in [0.2, 0.25) is 10.0 Å². The van der Waals surface area contributed by atoms with Crippen LogP contribution in [0.5, 0.6) is 0 Å². The third-order valence-corrected chi connectivity index (χ3v) is 5.61. The Morgan fingerprint density at radius 1 is 1.00 bits per heavy atom. The van der Waals surface area contributed by atoms with Gasteiger partial charge in [-0.25, -0.2) is 8.42 Å². The monoisotopic (exact) mass is 345 g/mol. The fourth-order valence-electron chi connectivity index (χ4n) is 2.69. The van der Waals surface area contributed by atoms with Gasteiger partial charge in [-0.2, -0.15) is 0 Å². The van der Waals surface area contributed by atoms with Crippen LogP contribution in [-0.2, 0) is 16.6 Å². The first kappa shape index (κ1) is 18.2. The molecule has 0 amide bonds.